The first kappa shape index (κ1) is 14.5. The first-order valence-corrected chi connectivity index (χ1v) is 9.27. The predicted octanol–water partition coefficient (Wildman–Crippen LogP) is 2.32. The van der Waals surface area contributed by atoms with Gasteiger partial charge in [0.15, 0.2) is 11.6 Å². The van der Waals surface area contributed by atoms with Crippen LogP contribution >= 0.6 is 0 Å². The molecule has 0 amide bonds. The zero-order chi connectivity index (χ0) is 16.4. The SMILES string of the molecule is COC1(OC)C2C=CC3C4C=CC1C1C2C2C1C4C(OC)(OC)C32. The van der Waals surface area contributed by atoms with E-state index in [1.165, 1.54) is 0 Å². The second-order valence-electron chi connectivity index (χ2n) is 8.60. The maximum Gasteiger partial charge on any atom is 0.180 e. The minimum Gasteiger partial charge on any atom is -0.353 e. The summed E-state index contributed by atoms with van der Waals surface area (Å²) in [6.07, 6.45) is 9.73. The van der Waals surface area contributed by atoms with Crippen LogP contribution in [0, 0.1) is 59.2 Å². The van der Waals surface area contributed by atoms with E-state index < -0.39 is 11.6 Å². The van der Waals surface area contributed by atoms with E-state index in [0.29, 0.717) is 59.2 Å². The molecule has 0 aliphatic heterocycles. The van der Waals surface area contributed by atoms with Crippen molar-refractivity contribution in [2.75, 3.05) is 28.4 Å². The second-order valence-corrected chi connectivity index (χ2v) is 8.60. The summed E-state index contributed by atoms with van der Waals surface area (Å²) < 4.78 is 24.4. The molecule has 4 fully saturated rings. The van der Waals surface area contributed by atoms with Crippen molar-refractivity contribution in [3.8, 4) is 0 Å². The van der Waals surface area contributed by atoms with Gasteiger partial charge in [0.2, 0.25) is 0 Å². The van der Waals surface area contributed by atoms with E-state index in [9.17, 15) is 0 Å². The topological polar surface area (TPSA) is 36.9 Å². The summed E-state index contributed by atoms with van der Waals surface area (Å²) in [7, 11) is 7.32. The van der Waals surface area contributed by atoms with Gasteiger partial charge < -0.3 is 18.9 Å². The molecule has 0 heterocycles. The van der Waals surface area contributed by atoms with Crippen molar-refractivity contribution in [1.29, 1.82) is 0 Å². The Labute approximate surface area is 143 Å². The fourth-order valence-corrected chi connectivity index (χ4v) is 8.61. The van der Waals surface area contributed by atoms with E-state index in [4.69, 9.17) is 18.9 Å². The van der Waals surface area contributed by atoms with E-state index >= 15 is 0 Å². The van der Waals surface area contributed by atoms with Crippen LogP contribution in [0.25, 0.3) is 0 Å². The predicted molar refractivity (Wildman–Crippen MR) is 86.7 cm³/mol. The number of ether oxygens (including phenoxy) is 4. The number of hydrogen-bond acceptors (Lipinski definition) is 4. The summed E-state index contributed by atoms with van der Waals surface area (Å²) in [5.74, 6) is 4.33. The molecular weight excluding hydrogens is 304 g/mol. The van der Waals surface area contributed by atoms with Crippen LogP contribution < -0.4 is 0 Å². The average molecular weight is 330 g/mol. The first-order chi connectivity index (χ1) is 11.7. The molecule has 6 rings (SSSR count). The van der Waals surface area contributed by atoms with Gasteiger partial charge in [0.25, 0.3) is 0 Å². The van der Waals surface area contributed by atoms with Gasteiger partial charge in [0, 0.05) is 52.1 Å². The van der Waals surface area contributed by atoms with Crippen molar-refractivity contribution < 1.29 is 18.9 Å². The molecule has 10 atom stereocenters. The quantitative estimate of drug-likeness (QED) is 0.586. The van der Waals surface area contributed by atoms with Crippen LogP contribution in [0.2, 0.25) is 0 Å². The molecule has 0 aromatic carbocycles. The minimum atomic E-state index is -0.501. The zero-order valence-electron chi connectivity index (χ0n) is 14.7. The van der Waals surface area contributed by atoms with Crippen LogP contribution in [0.15, 0.2) is 24.3 Å². The fourth-order valence-electron chi connectivity index (χ4n) is 8.61. The smallest absolute Gasteiger partial charge is 0.180 e. The molecule has 24 heavy (non-hydrogen) atoms. The number of allylic oxidation sites excluding steroid dienone is 2. The molecule has 6 aliphatic rings. The highest BCUT2D eigenvalue weighted by Crippen LogP contribution is 2.82. The lowest BCUT2D eigenvalue weighted by atomic mass is 9.49. The summed E-state index contributed by atoms with van der Waals surface area (Å²) in [5, 5.41) is 0. The Hall–Kier alpha value is -0.680. The van der Waals surface area contributed by atoms with Crippen molar-refractivity contribution in [1.82, 2.24) is 0 Å². The third kappa shape index (κ3) is 1.10. The van der Waals surface area contributed by atoms with Gasteiger partial charge >= 0.3 is 0 Å². The lowest BCUT2D eigenvalue weighted by molar-refractivity contribution is -0.248. The van der Waals surface area contributed by atoms with Gasteiger partial charge in [0.05, 0.1) is 0 Å². The monoisotopic (exact) mass is 330 g/mol. The Kier molecular flexibility index (Phi) is 2.52. The van der Waals surface area contributed by atoms with Gasteiger partial charge in [-0.2, -0.15) is 0 Å². The van der Waals surface area contributed by atoms with Crippen LogP contribution in [0.1, 0.15) is 0 Å². The van der Waals surface area contributed by atoms with Crippen molar-refractivity contribution in [2.45, 2.75) is 11.6 Å². The lowest BCUT2D eigenvalue weighted by Crippen LogP contribution is -2.52. The highest BCUT2D eigenvalue weighted by atomic mass is 16.7. The number of rotatable bonds is 4. The van der Waals surface area contributed by atoms with Gasteiger partial charge in [-0.1, -0.05) is 24.3 Å². The van der Waals surface area contributed by atoms with Crippen LogP contribution in [0.3, 0.4) is 0 Å². The van der Waals surface area contributed by atoms with Gasteiger partial charge in [-0.3, -0.25) is 0 Å². The minimum absolute atomic E-state index is 0.336. The van der Waals surface area contributed by atoms with Gasteiger partial charge in [-0.15, -0.1) is 0 Å². The summed E-state index contributed by atoms with van der Waals surface area (Å²) in [6, 6.07) is 0. The summed E-state index contributed by atoms with van der Waals surface area (Å²) in [5.41, 5.74) is 0. The molecule has 0 N–H and O–H groups in total. The molecule has 0 aromatic heterocycles. The molecule has 6 aliphatic carbocycles. The number of methoxy groups -OCH3 is 4. The number of hydrogen-bond donors (Lipinski definition) is 0. The van der Waals surface area contributed by atoms with E-state index in [1.807, 2.05) is 28.4 Å². The Morgan fingerprint density at radius 2 is 0.958 bits per heavy atom. The van der Waals surface area contributed by atoms with Gasteiger partial charge in [-0.25, -0.2) is 0 Å². The van der Waals surface area contributed by atoms with Crippen molar-refractivity contribution >= 4 is 0 Å². The molecule has 130 valence electrons. The maximum absolute atomic E-state index is 6.13. The molecule has 4 heteroatoms. The normalized spacial score (nSPS) is 58.2. The molecule has 4 saturated carbocycles. The second kappa shape index (κ2) is 4.17. The fraction of sp³-hybridized carbons (Fsp3) is 0.800. The summed E-state index contributed by atoms with van der Waals surface area (Å²) >= 11 is 0. The highest BCUT2D eigenvalue weighted by Gasteiger charge is 2.85. The largest absolute Gasteiger partial charge is 0.353 e. The van der Waals surface area contributed by atoms with E-state index in [2.05, 4.69) is 24.3 Å². The molecule has 2 bridgehead atoms. The zero-order valence-corrected chi connectivity index (χ0v) is 14.7. The third-order valence-electron chi connectivity index (χ3n) is 8.93. The van der Waals surface area contributed by atoms with Crippen molar-refractivity contribution in [2.24, 2.45) is 59.2 Å². The Balaban J connectivity index is 1.61. The van der Waals surface area contributed by atoms with E-state index in [1.54, 1.807) is 0 Å². The number of fused-ring (bicyclic) bond motifs is 1. The molecule has 0 spiro atoms. The molecule has 10 unspecified atom stereocenters. The molecule has 0 radical (unpaired) electrons. The molecule has 4 nitrogen and oxygen atoms in total. The van der Waals surface area contributed by atoms with Crippen molar-refractivity contribution in [3.63, 3.8) is 0 Å². The molecule has 0 aromatic rings. The molecule has 0 saturated heterocycles. The van der Waals surface area contributed by atoms with Crippen LogP contribution in [0.4, 0.5) is 0 Å². The van der Waals surface area contributed by atoms with E-state index in [0.717, 1.165) is 0 Å². The Bertz CT molecular complexity index is 598. The average Bonchev–Trinajstić information content (AvgIpc) is 3.08. The Morgan fingerprint density at radius 3 is 1.33 bits per heavy atom. The third-order valence-corrected chi connectivity index (χ3v) is 8.93. The standard InChI is InChI=1S/C20H26O4/c1-21-19(22-2)11-7-5-9-10-6-8-12(19)14-13(11)15-16(14)18(10)20(23-3,24-4)17(9)15/h5-18H,1-4H3. The first-order valence-electron chi connectivity index (χ1n) is 9.27. The van der Waals surface area contributed by atoms with E-state index in [-0.39, 0.29) is 0 Å². The van der Waals surface area contributed by atoms with Crippen LogP contribution in [0.5, 0.6) is 0 Å². The van der Waals surface area contributed by atoms with Crippen molar-refractivity contribution in [3.05, 3.63) is 24.3 Å². The van der Waals surface area contributed by atoms with Crippen LogP contribution in [-0.2, 0) is 18.9 Å². The summed E-state index contributed by atoms with van der Waals surface area (Å²) in [6.45, 7) is 0. The highest BCUT2D eigenvalue weighted by molar-refractivity contribution is 5.38. The van der Waals surface area contributed by atoms with Crippen LogP contribution in [-0.4, -0.2) is 40.0 Å². The maximum atomic E-state index is 6.13. The lowest BCUT2D eigenvalue weighted by Gasteiger charge is -2.53. The summed E-state index contributed by atoms with van der Waals surface area (Å²) in [4.78, 5) is 0. The van der Waals surface area contributed by atoms with Gasteiger partial charge in [0.1, 0.15) is 0 Å². The molecular formula is C20H26O4. The van der Waals surface area contributed by atoms with Gasteiger partial charge in [-0.05, 0) is 35.5 Å². The Morgan fingerprint density at radius 1 is 0.542 bits per heavy atom.